The van der Waals surface area contributed by atoms with Crippen LogP contribution in [0.2, 0.25) is 0 Å². The number of hydrogen-bond donors (Lipinski definition) is 0. The third-order valence-corrected chi connectivity index (χ3v) is 7.23. The van der Waals surface area contributed by atoms with Crippen LogP contribution in [0, 0.1) is 5.92 Å². The van der Waals surface area contributed by atoms with Gasteiger partial charge >= 0.3 is 5.97 Å². The van der Waals surface area contributed by atoms with E-state index in [9.17, 15) is 9.59 Å². The van der Waals surface area contributed by atoms with Crippen molar-refractivity contribution in [1.82, 2.24) is 0 Å². The Bertz CT molecular complexity index is 1270. The van der Waals surface area contributed by atoms with E-state index in [0.29, 0.717) is 66.9 Å². The van der Waals surface area contributed by atoms with E-state index in [1.165, 1.54) is 0 Å². The van der Waals surface area contributed by atoms with Gasteiger partial charge in [-0.2, -0.15) is 0 Å². The van der Waals surface area contributed by atoms with Gasteiger partial charge in [0.2, 0.25) is 0 Å². The van der Waals surface area contributed by atoms with Crippen LogP contribution in [-0.4, -0.2) is 58.1 Å². The molecule has 0 amide bonds. The Morgan fingerprint density at radius 2 is 1.74 bits per heavy atom. The van der Waals surface area contributed by atoms with Gasteiger partial charge in [-0.05, 0) is 68.5 Å². The highest BCUT2D eigenvalue weighted by molar-refractivity contribution is 6.09. The predicted molar refractivity (Wildman–Crippen MR) is 148 cm³/mol. The molecule has 2 aliphatic rings. The number of rotatable bonds is 11. The van der Waals surface area contributed by atoms with Gasteiger partial charge in [0.1, 0.15) is 18.3 Å². The molecule has 2 aromatic carbocycles. The number of allylic oxidation sites excluding steroid dienone is 2. The summed E-state index contributed by atoms with van der Waals surface area (Å²) in [4.78, 5) is 32.1. The van der Waals surface area contributed by atoms with Gasteiger partial charge in [0.05, 0.1) is 27.4 Å². The summed E-state index contributed by atoms with van der Waals surface area (Å²) in [6.45, 7) is 7.15. The lowest BCUT2D eigenvalue weighted by atomic mass is 9.69. The molecule has 0 aromatic heterocycles. The zero-order valence-electron chi connectivity index (χ0n) is 23.3. The van der Waals surface area contributed by atoms with Crippen molar-refractivity contribution in [2.45, 2.75) is 45.4 Å². The molecule has 208 valence electrons. The number of nitrogens with zero attached hydrogens (tertiary/aromatic N) is 1. The topological polar surface area (TPSA) is 92.7 Å². The maximum atomic E-state index is 13.9. The van der Waals surface area contributed by atoms with E-state index in [-0.39, 0.29) is 18.3 Å². The summed E-state index contributed by atoms with van der Waals surface area (Å²) < 4.78 is 27.6. The van der Waals surface area contributed by atoms with Crippen molar-refractivity contribution < 1.29 is 33.3 Å². The normalized spacial score (nSPS) is 20.7. The number of ether oxygens (including phenoxy) is 5. The molecule has 0 bridgehead atoms. The second kappa shape index (κ2) is 12.9. The Labute approximate surface area is 230 Å². The average Bonchev–Trinajstić information content (AvgIpc) is 2.94. The lowest BCUT2D eigenvalue weighted by Crippen LogP contribution is -2.38. The molecule has 0 radical (unpaired) electrons. The zero-order chi connectivity index (χ0) is 27.9. The molecule has 8 heteroatoms. The number of carbonyl (C=O) groups is 2. The zero-order valence-corrected chi connectivity index (χ0v) is 23.3. The molecule has 0 N–H and O–H groups in total. The lowest BCUT2D eigenvalue weighted by Gasteiger charge is -2.36. The maximum Gasteiger partial charge on any atom is 0.315 e. The predicted octanol–water partition coefficient (Wildman–Crippen LogP) is 5.26. The first-order valence-corrected chi connectivity index (χ1v) is 13.4. The second-order valence-corrected chi connectivity index (χ2v) is 9.58. The van der Waals surface area contributed by atoms with Crippen molar-refractivity contribution in [1.29, 1.82) is 0 Å². The molecule has 3 atom stereocenters. The van der Waals surface area contributed by atoms with Gasteiger partial charge in [-0.3, -0.25) is 14.6 Å². The molecule has 8 nitrogen and oxygen atoms in total. The van der Waals surface area contributed by atoms with Crippen molar-refractivity contribution in [3.63, 3.8) is 0 Å². The number of Topliss-reactive ketones (excluding diaryl/α,β-unsaturated/α-hetero) is 1. The Balaban J connectivity index is 1.73. The van der Waals surface area contributed by atoms with E-state index in [1.807, 2.05) is 63.2 Å². The molecule has 0 spiro atoms. The van der Waals surface area contributed by atoms with Gasteiger partial charge in [-0.15, -0.1) is 0 Å². The fourth-order valence-corrected chi connectivity index (χ4v) is 5.47. The summed E-state index contributed by atoms with van der Waals surface area (Å²) in [5.41, 5.74) is 3.73. The number of ketones is 1. The van der Waals surface area contributed by atoms with Crippen molar-refractivity contribution in [2.75, 3.05) is 40.6 Å². The van der Waals surface area contributed by atoms with Crippen molar-refractivity contribution in [3.05, 3.63) is 64.9 Å². The molecule has 1 aliphatic heterocycles. The highest BCUT2D eigenvalue weighted by Crippen LogP contribution is 2.48. The van der Waals surface area contributed by atoms with Crippen LogP contribution in [0.5, 0.6) is 17.2 Å². The third kappa shape index (κ3) is 6.17. The van der Waals surface area contributed by atoms with Gasteiger partial charge in [0, 0.05) is 35.9 Å². The summed E-state index contributed by atoms with van der Waals surface area (Å²) in [6.07, 6.45) is 0.873. The van der Waals surface area contributed by atoms with Crippen molar-refractivity contribution >= 4 is 17.5 Å². The maximum absolute atomic E-state index is 13.9. The fraction of sp³-hybridized carbons (Fsp3) is 0.452. The highest BCUT2D eigenvalue weighted by atomic mass is 16.6. The first kappa shape index (κ1) is 28.4. The number of benzene rings is 2. The van der Waals surface area contributed by atoms with Crippen LogP contribution in [0.1, 0.15) is 56.6 Å². The summed E-state index contributed by atoms with van der Waals surface area (Å²) in [6, 6.07) is 13.3. The Morgan fingerprint density at radius 3 is 2.46 bits per heavy atom. The van der Waals surface area contributed by atoms with Crippen LogP contribution in [-0.2, 0) is 19.1 Å². The second-order valence-electron chi connectivity index (χ2n) is 9.58. The summed E-state index contributed by atoms with van der Waals surface area (Å²) in [5.74, 6) is 0.196. The van der Waals surface area contributed by atoms with E-state index in [1.54, 1.807) is 14.2 Å². The molecule has 0 saturated heterocycles. The molecular formula is C31H37NO7. The van der Waals surface area contributed by atoms with E-state index < -0.39 is 17.8 Å². The van der Waals surface area contributed by atoms with Gasteiger partial charge in [-0.25, -0.2) is 0 Å². The fourth-order valence-electron chi connectivity index (χ4n) is 5.47. The van der Waals surface area contributed by atoms with Gasteiger partial charge in [0.25, 0.3) is 0 Å². The van der Waals surface area contributed by atoms with Crippen LogP contribution >= 0.6 is 0 Å². The monoisotopic (exact) mass is 535 g/mol. The summed E-state index contributed by atoms with van der Waals surface area (Å²) in [5, 5.41) is 0. The van der Waals surface area contributed by atoms with E-state index in [2.05, 4.69) is 0 Å². The molecule has 4 rings (SSSR count). The Hall–Kier alpha value is -3.65. The van der Waals surface area contributed by atoms with E-state index in [0.717, 1.165) is 11.1 Å². The van der Waals surface area contributed by atoms with Crippen LogP contribution < -0.4 is 14.2 Å². The molecule has 1 aliphatic carbocycles. The smallest absolute Gasteiger partial charge is 0.315 e. The number of methoxy groups -OCH3 is 2. The van der Waals surface area contributed by atoms with E-state index >= 15 is 0 Å². The average molecular weight is 536 g/mol. The molecule has 2 aromatic rings. The minimum atomic E-state index is -0.719. The van der Waals surface area contributed by atoms with Gasteiger partial charge in [-0.1, -0.05) is 18.2 Å². The standard InChI is InChI=1S/C31H37NO7/c1-6-37-13-14-39-31(34)28-19(3)32-24-16-22(20-11-12-26(35-4)27(18-20)36-5)17-25(33)30(24)29(28)21-9-8-10-23(15-21)38-7-2/h8-12,15,18,22,28-29H,6-7,13-14,16-17H2,1-5H3/t22-,28?,29-/m1/s1. The first-order chi connectivity index (χ1) is 18.9. The van der Waals surface area contributed by atoms with Crippen molar-refractivity contribution in [2.24, 2.45) is 10.9 Å². The largest absolute Gasteiger partial charge is 0.494 e. The molecule has 0 fully saturated rings. The minimum absolute atomic E-state index is 0.0220. The quantitative estimate of drug-likeness (QED) is 0.286. The summed E-state index contributed by atoms with van der Waals surface area (Å²) in [7, 11) is 3.19. The molecule has 1 heterocycles. The van der Waals surface area contributed by atoms with Crippen LogP contribution in [0.4, 0.5) is 0 Å². The first-order valence-electron chi connectivity index (χ1n) is 13.4. The molecule has 39 heavy (non-hydrogen) atoms. The van der Waals surface area contributed by atoms with E-state index in [4.69, 9.17) is 28.7 Å². The van der Waals surface area contributed by atoms with Gasteiger partial charge in [0.15, 0.2) is 17.3 Å². The van der Waals surface area contributed by atoms with Crippen LogP contribution in [0.3, 0.4) is 0 Å². The molecule has 0 saturated carbocycles. The Morgan fingerprint density at radius 1 is 0.949 bits per heavy atom. The third-order valence-electron chi connectivity index (χ3n) is 7.23. The SMILES string of the molecule is CCOCCOC(=O)C1C(C)=NC2=C(C(=O)C[C@H](c3ccc(OC)c(OC)c3)C2)[C@@H]1c1cccc(OCC)c1. The minimum Gasteiger partial charge on any atom is -0.494 e. The molecule has 1 unspecified atom stereocenters. The number of hydrogen-bond acceptors (Lipinski definition) is 8. The lowest BCUT2D eigenvalue weighted by molar-refractivity contribution is -0.148. The molecular weight excluding hydrogens is 498 g/mol. The highest BCUT2D eigenvalue weighted by Gasteiger charge is 2.45. The van der Waals surface area contributed by atoms with Crippen LogP contribution in [0.25, 0.3) is 0 Å². The number of aliphatic imine (C=N–C) groups is 1. The van der Waals surface area contributed by atoms with Crippen molar-refractivity contribution in [3.8, 4) is 17.2 Å². The Kier molecular flexibility index (Phi) is 9.41. The number of carbonyl (C=O) groups excluding carboxylic acids is 2. The summed E-state index contributed by atoms with van der Waals surface area (Å²) >= 11 is 0. The van der Waals surface area contributed by atoms with Gasteiger partial charge < -0.3 is 23.7 Å². The number of esters is 1. The van der Waals surface area contributed by atoms with Crippen LogP contribution in [0.15, 0.2) is 58.7 Å².